The predicted molar refractivity (Wildman–Crippen MR) is 164 cm³/mol. The Kier molecular flexibility index (Phi) is 7.84. The molecule has 3 aromatic carbocycles. The lowest BCUT2D eigenvalue weighted by atomic mass is 10.0. The number of benzene rings is 3. The van der Waals surface area contributed by atoms with Crippen molar-refractivity contribution in [1.29, 1.82) is 0 Å². The Hall–Kier alpha value is -4.41. The molecule has 0 unspecified atom stereocenters. The zero-order chi connectivity index (χ0) is 28.2. The third kappa shape index (κ3) is 6.50. The van der Waals surface area contributed by atoms with Gasteiger partial charge in [-0.25, -0.2) is 4.98 Å². The van der Waals surface area contributed by atoms with E-state index in [9.17, 15) is 4.79 Å². The number of nitrogens with zero attached hydrogens (tertiary/aromatic N) is 6. The third-order valence-corrected chi connectivity index (χ3v) is 8.05. The van der Waals surface area contributed by atoms with Gasteiger partial charge in [-0.1, -0.05) is 23.8 Å². The van der Waals surface area contributed by atoms with Crippen molar-refractivity contribution in [3.05, 3.63) is 95.7 Å². The highest BCUT2D eigenvalue weighted by molar-refractivity contribution is 7.00. The average Bonchev–Trinajstić information content (AvgIpc) is 3.47. The van der Waals surface area contributed by atoms with Crippen LogP contribution in [0.25, 0.3) is 11.0 Å². The topological polar surface area (TPSA) is 99.2 Å². The maximum atomic E-state index is 13.2. The van der Waals surface area contributed by atoms with Gasteiger partial charge in [0.2, 0.25) is 5.95 Å². The van der Waals surface area contributed by atoms with Crippen LogP contribution in [0.4, 0.5) is 23.1 Å². The van der Waals surface area contributed by atoms with Crippen molar-refractivity contribution in [2.24, 2.45) is 0 Å². The number of amides is 1. The number of piperidine rings is 1. The third-order valence-electron chi connectivity index (χ3n) is 7.49. The predicted octanol–water partition coefficient (Wildman–Crippen LogP) is 6.01. The smallest absolute Gasteiger partial charge is 0.253 e. The van der Waals surface area contributed by atoms with Crippen LogP contribution in [-0.4, -0.2) is 60.6 Å². The van der Waals surface area contributed by atoms with Gasteiger partial charge in [0.25, 0.3) is 5.91 Å². The Bertz CT molecular complexity index is 1630. The van der Waals surface area contributed by atoms with E-state index in [1.54, 1.807) is 6.20 Å². The van der Waals surface area contributed by atoms with Crippen LogP contribution in [0.3, 0.4) is 0 Å². The minimum absolute atomic E-state index is 0.0692. The van der Waals surface area contributed by atoms with Crippen LogP contribution in [0.1, 0.15) is 34.3 Å². The fourth-order valence-corrected chi connectivity index (χ4v) is 5.65. The molecule has 6 rings (SSSR count). The molecular formula is C31H32N8OS. The van der Waals surface area contributed by atoms with E-state index in [-0.39, 0.29) is 5.91 Å². The fourth-order valence-electron chi connectivity index (χ4n) is 5.13. The van der Waals surface area contributed by atoms with E-state index in [1.807, 2.05) is 53.4 Å². The van der Waals surface area contributed by atoms with Crippen molar-refractivity contribution in [2.45, 2.75) is 32.4 Å². The molecule has 0 bridgehead atoms. The zero-order valence-electron chi connectivity index (χ0n) is 23.1. The van der Waals surface area contributed by atoms with Crippen LogP contribution >= 0.6 is 11.7 Å². The molecule has 208 valence electrons. The average molecular weight is 565 g/mol. The second kappa shape index (κ2) is 12.0. The summed E-state index contributed by atoms with van der Waals surface area (Å²) in [6.07, 6.45) is 3.61. The Labute approximate surface area is 243 Å². The van der Waals surface area contributed by atoms with Gasteiger partial charge >= 0.3 is 0 Å². The first-order valence-corrected chi connectivity index (χ1v) is 14.5. The molecule has 1 aliphatic rings. The van der Waals surface area contributed by atoms with E-state index in [2.05, 4.69) is 72.5 Å². The molecule has 1 saturated heterocycles. The van der Waals surface area contributed by atoms with Gasteiger partial charge < -0.3 is 15.5 Å². The number of hydrogen-bond acceptors (Lipinski definition) is 9. The summed E-state index contributed by atoms with van der Waals surface area (Å²) in [7, 11) is 2.16. The van der Waals surface area contributed by atoms with Gasteiger partial charge in [-0.05, 0) is 87.0 Å². The number of likely N-dealkylation sites (tertiary alicyclic amines) is 1. The quantitative estimate of drug-likeness (QED) is 0.236. The van der Waals surface area contributed by atoms with Gasteiger partial charge in [-0.2, -0.15) is 13.7 Å². The molecule has 9 nitrogen and oxygen atoms in total. The molecule has 0 radical (unpaired) electrons. The minimum Gasteiger partial charge on any atom is -0.340 e. The monoisotopic (exact) mass is 564 g/mol. The van der Waals surface area contributed by atoms with Gasteiger partial charge in [0.15, 0.2) is 0 Å². The van der Waals surface area contributed by atoms with E-state index in [0.29, 0.717) is 23.4 Å². The first kappa shape index (κ1) is 26.8. The van der Waals surface area contributed by atoms with Gasteiger partial charge in [0.1, 0.15) is 16.9 Å². The Balaban J connectivity index is 1.01. The molecule has 2 aromatic heterocycles. The lowest BCUT2D eigenvalue weighted by molar-refractivity contribution is 0.0639. The van der Waals surface area contributed by atoms with Crippen LogP contribution in [0.2, 0.25) is 0 Å². The molecular weight excluding hydrogens is 532 g/mol. The number of carbonyl (C=O) groups is 1. The van der Waals surface area contributed by atoms with E-state index >= 15 is 0 Å². The van der Waals surface area contributed by atoms with Crippen molar-refractivity contribution in [3.8, 4) is 0 Å². The number of nitrogens with one attached hydrogen (secondary N) is 2. The van der Waals surface area contributed by atoms with Crippen molar-refractivity contribution in [2.75, 3.05) is 30.8 Å². The number of carbonyl (C=O) groups excluding carboxylic acids is 1. The molecule has 3 heterocycles. The molecule has 1 fully saturated rings. The summed E-state index contributed by atoms with van der Waals surface area (Å²) in [5.41, 5.74) is 6.81. The molecule has 0 saturated carbocycles. The first-order chi connectivity index (χ1) is 20.0. The summed E-state index contributed by atoms with van der Waals surface area (Å²) in [6, 6.07) is 24.2. The number of aryl methyl sites for hydroxylation is 1. The summed E-state index contributed by atoms with van der Waals surface area (Å²) in [6.45, 7) is 4.41. The molecule has 0 atom stereocenters. The van der Waals surface area contributed by atoms with E-state index in [1.165, 1.54) is 22.9 Å². The Morgan fingerprint density at radius 2 is 1.63 bits per heavy atom. The molecule has 10 heteroatoms. The van der Waals surface area contributed by atoms with Gasteiger partial charge in [-0.3, -0.25) is 9.69 Å². The molecule has 2 N–H and O–H groups in total. The van der Waals surface area contributed by atoms with Gasteiger partial charge in [0.05, 0.1) is 11.7 Å². The lowest BCUT2D eigenvalue weighted by Gasteiger charge is -2.37. The maximum absolute atomic E-state index is 13.2. The first-order valence-electron chi connectivity index (χ1n) is 13.7. The summed E-state index contributed by atoms with van der Waals surface area (Å²) < 4.78 is 8.65. The highest BCUT2D eigenvalue weighted by Gasteiger charge is 2.26. The van der Waals surface area contributed by atoms with Crippen LogP contribution < -0.4 is 10.6 Å². The standard InChI is InChI=1S/C31H32N8OS/c1-21-3-8-24(9-4-21)33-29-13-16-32-31(35-29)34-25-10-6-23(7-11-25)30(40)39-17-14-26(15-18-39)38(2)20-22-5-12-27-28(19-22)37-41-36-27/h3-13,16,19,26H,14-15,17-18,20H2,1-2H3,(H2,32,33,34,35). The van der Waals surface area contributed by atoms with E-state index < -0.39 is 0 Å². The second-order valence-corrected chi connectivity index (χ2v) is 11.0. The molecule has 0 aliphatic carbocycles. The SMILES string of the molecule is Cc1ccc(Nc2ccnc(Nc3ccc(C(=O)N4CCC(N(C)Cc5ccc6nsnc6c5)CC4)cc3)n2)cc1. The number of hydrogen-bond donors (Lipinski definition) is 2. The molecule has 0 spiro atoms. The van der Waals surface area contributed by atoms with Gasteiger partial charge in [-0.15, -0.1) is 0 Å². The summed E-state index contributed by atoms with van der Waals surface area (Å²) >= 11 is 1.25. The zero-order valence-corrected chi connectivity index (χ0v) is 23.9. The van der Waals surface area contributed by atoms with Gasteiger partial charge in [0, 0.05) is 48.8 Å². The Morgan fingerprint density at radius 1 is 0.927 bits per heavy atom. The van der Waals surface area contributed by atoms with Crippen LogP contribution in [-0.2, 0) is 6.54 Å². The van der Waals surface area contributed by atoms with Crippen LogP contribution in [0, 0.1) is 6.92 Å². The number of aromatic nitrogens is 4. The second-order valence-electron chi connectivity index (χ2n) is 10.5. The highest BCUT2D eigenvalue weighted by atomic mass is 32.1. The number of anilines is 4. The fraction of sp³-hybridized carbons (Fsp3) is 0.258. The minimum atomic E-state index is 0.0692. The van der Waals surface area contributed by atoms with Crippen LogP contribution in [0.15, 0.2) is 79.0 Å². The number of rotatable bonds is 8. The van der Waals surface area contributed by atoms with E-state index in [0.717, 1.165) is 54.9 Å². The summed E-state index contributed by atoms with van der Waals surface area (Å²) in [4.78, 5) is 26.5. The summed E-state index contributed by atoms with van der Waals surface area (Å²) in [5, 5.41) is 6.53. The lowest BCUT2D eigenvalue weighted by Crippen LogP contribution is -2.45. The molecule has 1 amide bonds. The van der Waals surface area contributed by atoms with Crippen LogP contribution in [0.5, 0.6) is 0 Å². The molecule has 1 aliphatic heterocycles. The summed E-state index contributed by atoms with van der Waals surface area (Å²) in [5.74, 6) is 1.25. The van der Waals surface area contributed by atoms with Crippen molar-refractivity contribution in [1.82, 2.24) is 28.5 Å². The largest absolute Gasteiger partial charge is 0.340 e. The number of fused-ring (bicyclic) bond motifs is 1. The Morgan fingerprint density at radius 3 is 2.41 bits per heavy atom. The van der Waals surface area contributed by atoms with Crippen molar-refractivity contribution < 1.29 is 4.79 Å². The highest BCUT2D eigenvalue weighted by Crippen LogP contribution is 2.23. The maximum Gasteiger partial charge on any atom is 0.253 e. The van der Waals surface area contributed by atoms with Crippen molar-refractivity contribution in [3.63, 3.8) is 0 Å². The normalized spacial score (nSPS) is 14.0. The molecule has 41 heavy (non-hydrogen) atoms. The van der Waals surface area contributed by atoms with Crippen molar-refractivity contribution >= 4 is 51.8 Å². The van der Waals surface area contributed by atoms with E-state index in [4.69, 9.17) is 0 Å². The molecule has 5 aromatic rings.